The van der Waals surface area contributed by atoms with Crippen LogP contribution in [0.4, 0.5) is 0 Å². The average Bonchev–Trinajstić information content (AvgIpc) is 3.14. The molecule has 0 unspecified atom stereocenters. The van der Waals surface area contributed by atoms with Crippen LogP contribution in [0, 0.1) is 0 Å². The Morgan fingerprint density at radius 3 is 2.71 bits per heavy atom. The Kier molecular flexibility index (Phi) is 4.90. The van der Waals surface area contributed by atoms with Crippen LogP contribution in [0.5, 0.6) is 0 Å². The molecule has 7 nitrogen and oxygen atoms in total. The summed E-state index contributed by atoms with van der Waals surface area (Å²) < 4.78 is 2.87. The lowest BCUT2D eigenvalue weighted by atomic mass is 10.2. The molecule has 140 valence electrons. The maximum absolute atomic E-state index is 12.7. The van der Waals surface area contributed by atoms with Crippen molar-refractivity contribution in [3.8, 4) is 5.69 Å². The summed E-state index contributed by atoms with van der Waals surface area (Å²) in [4.78, 5) is 29.3. The highest BCUT2D eigenvalue weighted by Gasteiger charge is 2.13. The van der Waals surface area contributed by atoms with Crippen molar-refractivity contribution in [2.45, 2.75) is 13.1 Å². The lowest BCUT2D eigenvalue weighted by Crippen LogP contribution is -2.32. The summed E-state index contributed by atoms with van der Waals surface area (Å²) in [7, 11) is 0. The number of rotatable bonds is 5. The molecule has 1 amide bonds. The average molecular weight is 394 g/mol. The molecule has 4 aromatic rings. The van der Waals surface area contributed by atoms with Gasteiger partial charge in [-0.25, -0.2) is 9.67 Å². The maximum atomic E-state index is 12.7. The van der Waals surface area contributed by atoms with E-state index in [0.717, 1.165) is 11.3 Å². The summed E-state index contributed by atoms with van der Waals surface area (Å²) >= 11 is 5.94. The molecule has 0 bridgehead atoms. The summed E-state index contributed by atoms with van der Waals surface area (Å²) in [6.45, 7) is 0.203. The van der Waals surface area contributed by atoms with Gasteiger partial charge in [0.05, 0.1) is 11.9 Å². The molecule has 2 heterocycles. The summed E-state index contributed by atoms with van der Waals surface area (Å²) in [5.74, 6) is -0.293. The molecule has 0 saturated heterocycles. The molecule has 0 atom stereocenters. The Labute approximate surface area is 165 Å². The molecular weight excluding hydrogens is 378 g/mol. The van der Waals surface area contributed by atoms with E-state index in [9.17, 15) is 9.59 Å². The summed E-state index contributed by atoms with van der Waals surface area (Å²) in [5.41, 5.74) is 1.82. The molecule has 0 aliphatic carbocycles. The van der Waals surface area contributed by atoms with E-state index in [-0.39, 0.29) is 18.0 Å². The molecule has 1 N–H and O–H groups in total. The SMILES string of the molecule is O=C(Cn1cnc2c(cnn2-c2ccccc2)c1=O)NCc1cccc(Cl)c1. The molecule has 0 aliphatic rings. The fourth-order valence-corrected chi connectivity index (χ4v) is 3.09. The van der Waals surface area contributed by atoms with Crippen molar-refractivity contribution in [2.24, 2.45) is 0 Å². The number of nitrogens with one attached hydrogen (secondary N) is 1. The second kappa shape index (κ2) is 7.66. The molecule has 8 heteroatoms. The van der Waals surface area contributed by atoms with Gasteiger partial charge in [0.2, 0.25) is 5.91 Å². The lowest BCUT2D eigenvalue weighted by Gasteiger charge is -2.08. The Hall–Kier alpha value is -3.45. The summed E-state index contributed by atoms with van der Waals surface area (Å²) in [6, 6.07) is 16.6. The minimum atomic E-state index is -0.315. The second-order valence-corrected chi connectivity index (χ2v) is 6.65. The third kappa shape index (κ3) is 3.65. The topological polar surface area (TPSA) is 81.8 Å². The van der Waals surface area contributed by atoms with Gasteiger partial charge >= 0.3 is 0 Å². The number of carbonyl (C=O) groups excluding carboxylic acids is 1. The van der Waals surface area contributed by atoms with Gasteiger partial charge in [0.25, 0.3) is 5.56 Å². The summed E-state index contributed by atoms with van der Waals surface area (Å²) in [5, 5.41) is 7.99. The maximum Gasteiger partial charge on any atom is 0.264 e. The Morgan fingerprint density at radius 1 is 1.11 bits per heavy atom. The number of hydrogen-bond donors (Lipinski definition) is 1. The van der Waals surface area contributed by atoms with Crippen LogP contribution in [0.3, 0.4) is 0 Å². The smallest absolute Gasteiger partial charge is 0.264 e. The first-order valence-corrected chi connectivity index (χ1v) is 8.99. The zero-order valence-corrected chi connectivity index (χ0v) is 15.5. The van der Waals surface area contributed by atoms with E-state index in [1.807, 2.05) is 42.5 Å². The number of nitrogens with zero attached hydrogens (tertiary/aromatic N) is 4. The fraction of sp³-hybridized carbons (Fsp3) is 0.100. The molecule has 2 aromatic heterocycles. The van der Waals surface area contributed by atoms with Crippen molar-refractivity contribution < 1.29 is 4.79 Å². The number of para-hydroxylation sites is 1. The molecular formula is C20H16ClN5O2. The van der Waals surface area contributed by atoms with E-state index >= 15 is 0 Å². The van der Waals surface area contributed by atoms with E-state index < -0.39 is 0 Å². The van der Waals surface area contributed by atoms with Gasteiger partial charge in [0.15, 0.2) is 5.65 Å². The molecule has 0 fully saturated rings. The number of aromatic nitrogens is 4. The molecule has 2 aromatic carbocycles. The van der Waals surface area contributed by atoms with Gasteiger partial charge in [-0.1, -0.05) is 41.9 Å². The monoisotopic (exact) mass is 393 g/mol. The standard InChI is InChI=1S/C20H16ClN5O2/c21-15-6-4-5-14(9-15)10-22-18(27)12-25-13-23-19-17(20(25)28)11-24-26(19)16-7-2-1-3-8-16/h1-9,11,13H,10,12H2,(H,22,27). The van der Waals surface area contributed by atoms with E-state index in [1.165, 1.54) is 17.1 Å². The number of amides is 1. The first-order valence-electron chi connectivity index (χ1n) is 8.61. The quantitative estimate of drug-likeness (QED) is 0.565. The van der Waals surface area contributed by atoms with Crippen LogP contribution >= 0.6 is 11.6 Å². The molecule has 0 saturated carbocycles. The van der Waals surface area contributed by atoms with Crippen molar-refractivity contribution in [1.82, 2.24) is 24.6 Å². The van der Waals surface area contributed by atoms with Gasteiger partial charge in [-0.15, -0.1) is 0 Å². The molecule has 0 radical (unpaired) electrons. The first kappa shape index (κ1) is 17.9. The highest BCUT2D eigenvalue weighted by Crippen LogP contribution is 2.13. The number of carbonyl (C=O) groups is 1. The molecule has 0 spiro atoms. The van der Waals surface area contributed by atoms with Gasteiger partial charge in [0, 0.05) is 11.6 Å². The van der Waals surface area contributed by atoms with Crippen molar-refractivity contribution in [2.75, 3.05) is 0 Å². The van der Waals surface area contributed by atoms with Crippen LogP contribution in [0.2, 0.25) is 5.02 Å². The second-order valence-electron chi connectivity index (χ2n) is 6.21. The predicted molar refractivity (Wildman–Crippen MR) is 106 cm³/mol. The molecule has 0 aliphatic heterocycles. The first-order chi connectivity index (χ1) is 13.6. The minimum Gasteiger partial charge on any atom is -0.350 e. The lowest BCUT2D eigenvalue weighted by molar-refractivity contribution is -0.121. The van der Waals surface area contributed by atoms with E-state index in [1.54, 1.807) is 16.8 Å². The van der Waals surface area contributed by atoms with Crippen LogP contribution in [-0.4, -0.2) is 25.2 Å². The van der Waals surface area contributed by atoms with Crippen LogP contribution in [0.15, 0.2) is 71.9 Å². The molecule has 4 rings (SSSR count). The van der Waals surface area contributed by atoms with Crippen molar-refractivity contribution >= 4 is 28.5 Å². The van der Waals surface area contributed by atoms with E-state index in [4.69, 9.17) is 11.6 Å². The van der Waals surface area contributed by atoms with E-state index in [2.05, 4.69) is 15.4 Å². The molecule has 28 heavy (non-hydrogen) atoms. The van der Waals surface area contributed by atoms with Crippen molar-refractivity contribution in [1.29, 1.82) is 0 Å². The van der Waals surface area contributed by atoms with Crippen molar-refractivity contribution in [3.63, 3.8) is 0 Å². The van der Waals surface area contributed by atoms with Gasteiger partial charge in [-0.2, -0.15) is 5.10 Å². The van der Waals surface area contributed by atoms with Crippen LogP contribution in [0.25, 0.3) is 16.7 Å². The van der Waals surface area contributed by atoms with Gasteiger partial charge in [-0.05, 0) is 29.8 Å². The summed E-state index contributed by atoms with van der Waals surface area (Å²) in [6.07, 6.45) is 2.84. The largest absolute Gasteiger partial charge is 0.350 e. The Bertz CT molecular complexity index is 1200. The van der Waals surface area contributed by atoms with Crippen LogP contribution < -0.4 is 10.9 Å². The highest BCUT2D eigenvalue weighted by molar-refractivity contribution is 6.30. The third-order valence-electron chi connectivity index (χ3n) is 4.25. The van der Waals surface area contributed by atoms with Gasteiger partial charge in [0.1, 0.15) is 18.3 Å². The zero-order valence-electron chi connectivity index (χ0n) is 14.7. The Morgan fingerprint density at radius 2 is 1.93 bits per heavy atom. The van der Waals surface area contributed by atoms with Crippen molar-refractivity contribution in [3.05, 3.63) is 88.1 Å². The number of hydrogen-bond acceptors (Lipinski definition) is 4. The third-order valence-corrected chi connectivity index (χ3v) is 4.48. The highest BCUT2D eigenvalue weighted by atomic mass is 35.5. The Balaban J connectivity index is 1.52. The zero-order chi connectivity index (χ0) is 19.5. The van der Waals surface area contributed by atoms with Gasteiger partial charge < -0.3 is 5.32 Å². The van der Waals surface area contributed by atoms with Gasteiger partial charge in [-0.3, -0.25) is 14.2 Å². The normalized spacial score (nSPS) is 10.9. The number of benzene rings is 2. The van der Waals surface area contributed by atoms with E-state index in [0.29, 0.717) is 22.6 Å². The number of fused-ring (bicyclic) bond motifs is 1. The van der Waals surface area contributed by atoms with Crippen LogP contribution in [0.1, 0.15) is 5.56 Å². The number of halogens is 1. The fourth-order valence-electron chi connectivity index (χ4n) is 2.88. The minimum absolute atomic E-state index is 0.126. The van der Waals surface area contributed by atoms with Crippen LogP contribution in [-0.2, 0) is 17.9 Å². The predicted octanol–water partition coefficient (Wildman–Crippen LogP) is 2.55.